The van der Waals surface area contributed by atoms with Gasteiger partial charge in [0.2, 0.25) is 0 Å². The van der Waals surface area contributed by atoms with E-state index in [4.69, 9.17) is 16.3 Å². The number of esters is 1. The molecule has 0 saturated heterocycles. The summed E-state index contributed by atoms with van der Waals surface area (Å²) in [4.78, 5) is 33.1. The van der Waals surface area contributed by atoms with Gasteiger partial charge in [-0.2, -0.15) is 0 Å². The molecule has 7 heteroatoms. The van der Waals surface area contributed by atoms with Crippen molar-refractivity contribution in [3.8, 4) is 0 Å². The number of hydrogen-bond donors (Lipinski definition) is 0. The molecule has 0 fully saturated rings. The molecule has 27 heavy (non-hydrogen) atoms. The number of hydrogen-bond acceptors (Lipinski definition) is 5. The quantitative estimate of drug-likeness (QED) is 0.401. The molecule has 0 radical (unpaired) electrons. The van der Waals surface area contributed by atoms with Gasteiger partial charge in [-0.25, -0.2) is 9.97 Å². The fraction of sp³-hybridized carbons (Fsp3) is 0.100. The van der Waals surface area contributed by atoms with Crippen molar-refractivity contribution < 1.29 is 9.53 Å². The van der Waals surface area contributed by atoms with Crippen LogP contribution in [0.25, 0.3) is 21.8 Å². The lowest BCUT2D eigenvalue weighted by atomic mass is 10.2. The zero-order valence-electron chi connectivity index (χ0n) is 14.1. The molecule has 0 atom stereocenters. The van der Waals surface area contributed by atoms with Crippen molar-refractivity contribution >= 4 is 39.4 Å². The average Bonchev–Trinajstić information content (AvgIpc) is 2.69. The van der Waals surface area contributed by atoms with E-state index < -0.39 is 5.97 Å². The first kappa shape index (κ1) is 17.2. The molecule has 134 valence electrons. The van der Waals surface area contributed by atoms with Crippen LogP contribution in [0.1, 0.15) is 5.56 Å². The Balaban J connectivity index is 1.50. The number of para-hydroxylation sites is 2. The van der Waals surface area contributed by atoms with Gasteiger partial charge in [-0.15, -0.1) is 0 Å². The van der Waals surface area contributed by atoms with E-state index in [1.165, 1.54) is 10.9 Å². The zero-order valence-corrected chi connectivity index (χ0v) is 14.9. The van der Waals surface area contributed by atoms with E-state index >= 15 is 0 Å². The Kier molecular flexibility index (Phi) is 4.56. The number of ether oxygens (including phenoxy) is 1. The van der Waals surface area contributed by atoms with Crippen LogP contribution >= 0.6 is 11.6 Å². The summed E-state index contributed by atoms with van der Waals surface area (Å²) in [5.41, 5.74) is 1.67. The second-order valence-corrected chi connectivity index (χ2v) is 6.34. The fourth-order valence-corrected chi connectivity index (χ4v) is 3.00. The number of carbonyl (C=O) groups excluding carboxylic acids is 1. The third-order valence-electron chi connectivity index (χ3n) is 4.17. The van der Waals surface area contributed by atoms with Crippen molar-refractivity contribution in [2.24, 2.45) is 0 Å². The van der Waals surface area contributed by atoms with Gasteiger partial charge in [0.15, 0.2) is 0 Å². The second-order valence-electron chi connectivity index (χ2n) is 5.99. The molecule has 2 heterocycles. The number of fused-ring (bicyclic) bond motifs is 2. The van der Waals surface area contributed by atoms with Crippen LogP contribution in [0.2, 0.25) is 5.15 Å². The van der Waals surface area contributed by atoms with E-state index in [1.54, 1.807) is 24.3 Å². The molecular weight excluding hydrogens is 366 g/mol. The summed E-state index contributed by atoms with van der Waals surface area (Å²) in [6.45, 7) is -0.249. The molecule has 0 unspecified atom stereocenters. The first-order chi connectivity index (χ1) is 13.1. The number of pyridine rings is 1. The fourth-order valence-electron chi connectivity index (χ4n) is 2.80. The Morgan fingerprint density at radius 1 is 1.07 bits per heavy atom. The first-order valence-electron chi connectivity index (χ1n) is 8.26. The van der Waals surface area contributed by atoms with Gasteiger partial charge in [0, 0.05) is 10.9 Å². The summed E-state index contributed by atoms with van der Waals surface area (Å²) < 4.78 is 6.51. The second kappa shape index (κ2) is 7.17. The van der Waals surface area contributed by atoms with Crippen LogP contribution in [0, 0.1) is 0 Å². The predicted octanol–water partition coefficient (Wildman–Crippen LogP) is 3.34. The number of aromatic nitrogens is 3. The lowest BCUT2D eigenvalue weighted by Crippen LogP contribution is -2.25. The molecule has 0 bridgehead atoms. The van der Waals surface area contributed by atoms with Crippen LogP contribution in [-0.4, -0.2) is 20.5 Å². The smallest absolute Gasteiger partial charge is 0.326 e. The highest BCUT2D eigenvalue weighted by Crippen LogP contribution is 2.21. The summed E-state index contributed by atoms with van der Waals surface area (Å²) >= 11 is 6.17. The lowest BCUT2D eigenvalue weighted by molar-refractivity contribution is -0.145. The van der Waals surface area contributed by atoms with E-state index in [0.717, 1.165) is 10.9 Å². The number of benzene rings is 2. The van der Waals surface area contributed by atoms with Gasteiger partial charge in [-0.05, 0) is 24.3 Å². The molecule has 2 aromatic carbocycles. The van der Waals surface area contributed by atoms with Gasteiger partial charge in [0.25, 0.3) is 5.56 Å². The van der Waals surface area contributed by atoms with Gasteiger partial charge in [-0.1, -0.05) is 41.9 Å². The molecule has 0 amide bonds. The Hall–Kier alpha value is -3.25. The molecular formula is C20H14ClN3O3. The van der Waals surface area contributed by atoms with E-state index in [2.05, 4.69) is 9.97 Å². The first-order valence-corrected chi connectivity index (χ1v) is 8.63. The Morgan fingerprint density at radius 2 is 1.81 bits per heavy atom. The Labute approximate surface area is 159 Å². The van der Waals surface area contributed by atoms with Crippen molar-refractivity contribution in [3.05, 3.63) is 82.0 Å². The summed E-state index contributed by atoms with van der Waals surface area (Å²) in [6, 6.07) is 16.3. The van der Waals surface area contributed by atoms with Gasteiger partial charge in [0.05, 0.1) is 22.7 Å². The largest absolute Gasteiger partial charge is 0.459 e. The minimum absolute atomic E-state index is 0.0226. The molecule has 0 aliphatic rings. The van der Waals surface area contributed by atoms with E-state index in [-0.39, 0.29) is 23.9 Å². The average molecular weight is 380 g/mol. The SMILES string of the molecule is O=C(Cn1cnc2ccccc2c1=O)OCc1cc2ccccc2nc1Cl. The van der Waals surface area contributed by atoms with E-state index in [9.17, 15) is 9.59 Å². The van der Waals surface area contributed by atoms with Crippen LogP contribution in [-0.2, 0) is 22.7 Å². The molecule has 0 N–H and O–H groups in total. The normalized spacial score (nSPS) is 11.0. The summed E-state index contributed by atoms with van der Waals surface area (Å²) in [5, 5.41) is 1.64. The maximum atomic E-state index is 12.4. The maximum absolute atomic E-state index is 12.4. The van der Waals surface area contributed by atoms with E-state index in [1.807, 2.05) is 30.3 Å². The summed E-state index contributed by atoms with van der Waals surface area (Å²) in [5.74, 6) is -0.557. The summed E-state index contributed by atoms with van der Waals surface area (Å²) in [7, 11) is 0. The highest BCUT2D eigenvalue weighted by molar-refractivity contribution is 6.30. The third-order valence-corrected chi connectivity index (χ3v) is 4.50. The van der Waals surface area contributed by atoms with Crippen molar-refractivity contribution in [1.82, 2.24) is 14.5 Å². The molecule has 4 aromatic rings. The standard InChI is InChI=1S/C20H14ClN3O3/c21-19-14(9-13-5-1-3-7-16(13)23-19)11-27-18(25)10-24-12-22-17-8-4-2-6-15(17)20(24)26/h1-9,12H,10-11H2. The molecule has 6 nitrogen and oxygen atoms in total. The molecule has 0 saturated carbocycles. The number of rotatable bonds is 4. The molecule has 0 aliphatic heterocycles. The highest BCUT2D eigenvalue weighted by Gasteiger charge is 2.11. The van der Waals surface area contributed by atoms with Crippen LogP contribution < -0.4 is 5.56 Å². The topological polar surface area (TPSA) is 74.1 Å². The van der Waals surface area contributed by atoms with Gasteiger partial charge in [-0.3, -0.25) is 14.2 Å². The number of nitrogens with zero attached hydrogens (tertiary/aromatic N) is 3. The van der Waals surface area contributed by atoms with Crippen LogP contribution in [0.3, 0.4) is 0 Å². The summed E-state index contributed by atoms with van der Waals surface area (Å²) in [6.07, 6.45) is 1.34. The van der Waals surface area contributed by atoms with Crippen molar-refractivity contribution in [2.45, 2.75) is 13.2 Å². The molecule has 4 rings (SSSR count). The number of halogens is 1. The van der Waals surface area contributed by atoms with Gasteiger partial charge >= 0.3 is 5.97 Å². The minimum atomic E-state index is -0.557. The third kappa shape index (κ3) is 3.52. The predicted molar refractivity (Wildman–Crippen MR) is 103 cm³/mol. The monoisotopic (exact) mass is 379 g/mol. The highest BCUT2D eigenvalue weighted by atomic mass is 35.5. The van der Waals surface area contributed by atoms with E-state index in [0.29, 0.717) is 16.5 Å². The van der Waals surface area contributed by atoms with Crippen molar-refractivity contribution in [1.29, 1.82) is 0 Å². The van der Waals surface area contributed by atoms with Gasteiger partial charge in [0.1, 0.15) is 18.3 Å². The lowest BCUT2D eigenvalue weighted by Gasteiger charge is -2.09. The number of carbonyl (C=O) groups is 1. The zero-order chi connectivity index (χ0) is 18.8. The molecule has 2 aromatic heterocycles. The van der Waals surface area contributed by atoms with Crippen molar-refractivity contribution in [2.75, 3.05) is 0 Å². The van der Waals surface area contributed by atoms with Gasteiger partial charge < -0.3 is 4.74 Å². The Bertz CT molecular complexity index is 1220. The molecule has 0 spiro atoms. The van der Waals surface area contributed by atoms with Crippen LogP contribution in [0.5, 0.6) is 0 Å². The van der Waals surface area contributed by atoms with Crippen LogP contribution in [0.15, 0.2) is 65.7 Å². The Morgan fingerprint density at radius 3 is 2.67 bits per heavy atom. The maximum Gasteiger partial charge on any atom is 0.326 e. The minimum Gasteiger partial charge on any atom is -0.459 e. The van der Waals surface area contributed by atoms with Crippen molar-refractivity contribution in [3.63, 3.8) is 0 Å². The van der Waals surface area contributed by atoms with Crippen LogP contribution in [0.4, 0.5) is 0 Å². The molecule has 0 aliphatic carbocycles.